The van der Waals surface area contributed by atoms with Crippen LogP contribution < -0.4 is 9.46 Å². The van der Waals surface area contributed by atoms with E-state index in [2.05, 4.69) is 10.6 Å². The first kappa shape index (κ1) is 15.0. The van der Waals surface area contributed by atoms with Crippen molar-refractivity contribution in [3.8, 4) is 18.1 Å². The molecule has 1 aromatic rings. The quantitative estimate of drug-likeness (QED) is 0.709. The van der Waals surface area contributed by atoms with Crippen molar-refractivity contribution in [2.24, 2.45) is 0 Å². The Balaban J connectivity index is 2.66. The Morgan fingerprint density at radius 3 is 2.53 bits per heavy atom. The molecule has 0 heterocycles. The molecule has 1 rings (SSSR count). The number of hydrogen-bond donors (Lipinski definition) is 2. The molecule has 7 heteroatoms. The average Bonchev–Trinajstić information content (AvgIpc) is 2.37. The van der Waals surface area contributed by atoms with Gasteiger partial charge in [0.25, 0.3) is 0 Å². The van der Waals surface area contributed by atoms with Gasteiger partial charge in [-0.2, -0.15) is 4.72 Å². The fourth-order valence-corrected chi connectivity index (χ4v) is 2.13. The highest BCUT2D eigenvalue weighted by molar-refractivity contribution is 7.89. The highest BCUT2D eigenvalue weighted by atomic mass is 32.2. The third kappa shape index (κ3) is 4.99. The zero-order chi connectivity index (χ0) is 14.3. The fourth-order valence-electron chi connectivity index (χ4n) is 1.19. The largest absolute Gasteiger partial charge is 0.493 e. The molecule has 0 aliphatic rings. The highest BCUT2D eigenvalue weighted by Gasteiger charge is 2.12. The Labute approximate surface area is 111 Å². The van der Waals surface area contributed by atoms with E-state index in [4.69, 9.17) is 16.3 Å². The minimum Gasteiger partial charge on any atom is -0.493 e. The predicted octanol–water partition coefficient (Wildman–Crippen LogP) is 0.452. The van der Waals surface area contributed by atoms with Crippen molar-refractivity contribution < 1.29 is 23.1 Å². The molecule has 0 saturated carbocycles. The maximum Gasteiger partial charge on any atom is 0.306 e. The van der Waals surface area contributed by atoms with E-state index in [1.807, 2.05) is 0 Å². The Morgan fingerprint density at radius 2 is 2.00 bits per heavy atom. The number of nitrogens with one attached hydrogen (secondary N) is 1. The number of carboxylic acids is 1. The standard InChI is InChI=1S/C12H13NO5S/c1-2-8-13-19(16,17)11-5-3-10(4-6-11)18-9-7-12(14)15/h1,3-6,13H,7-9H2,(H,14,15). The minimum absolute atomic E-state index is 0.0246. The molecule has 102 valence electrons. The lowest BCUT2D eigenvalue weighted by atomic mass is 10.3. The lowest BCUT2D eigenvalue weighted by molar-refractivity contribution is -0.137. The van der Waals surface area contributed by atoms with Crippen LogP contribution in [0.2, 0.25) is 0 Å². The van der Waals surface area contributed by atoms with E-state index in [9.17, 15) is 13.2 Å². The SMILES string of the molecule is C#CCNS(=O)(=O)c1ccc(OCCC(=O)O)cc1. The lowest BCUT2D eigenvalue weighted by Crippen LogP contribution is -2.23. The molecule has 0 spiro atoms. The number of terminal acetylenes is 1. The number of carboxylic acid groups (broad SMARTS) is 1. The number of hydrogen-bond acceptors (Lipinski definition) is 4. The van der Waals surface area contributed by atoms with Crippen molar-refractivity contribution in [3.05, 3.63) is 24.3 Å². The Kier molecular flexibility index (Phi) is 5.36. The molecule has 0 saturated heterocycles. The molecule has 0 amide bonds. The highest BCUT2D eigenvalue weighted by Crippen LogP contribution is 2.15. The summed E-state index contributed by atoms with van der Waals surface area (Å²) in [5.74, 6) is 1.61. The summed E-state index contributed by atoms with van der Waals surface area (Å²) in [7, 11) is -3.62. The second kappa shape index (κ2) is 6.78. The second-order valence-electron chi connectivity index (χ2n) is 3.49. The first-order valence-corrected chi connectivity index (χ1v) is 6.82. The first-order chi connectivity index (χ1) is 8.95. The molecule has 6 nitrogen and oxygen atoms in total. The number of ether oxygens (including phenoxy) is 1. The van der Waals surface area contributed by atoms with Crippen LogP contribution in [-0.4, -0.2) is 32.6 Å². The summed E-state index contributed by atoms with van der Waals surface area (Å²) in [6.07, 6.45) is 4.85. The maximum absolute atomic E-state index is 11.7. The summed E-state index contributed by atoms with van der Waals surface area (Å²) in [5, 5.41) is 8.44. The summed E-state index contributed by atoms with van der Waals surface area (Å²) in [5.41, 5.74) is 0. The third-order valence-electron chi connectivity index (χ3n) is 2.08. The summed E-state index contributed by atoms with van der Waals surface area (Å²) in [6.45, 7) is -0.0596. The smallest absolute Gasteiger partial charge is 0.306 e. The molecule has 19 heavy (non-hydrogen) atoms. The van der Waals surface area contributed by atoms with Crippen LogP contribution in [0.25, 0.3) is 0 Å². The van der Waals surface area contributed by atoms with Gasteiger partial charge in [-0.3, -0.25) is 4.79 Å². The molecule has 0 aliphatic carbocycles. The van der Waals surface area contributed by atoms with E-state index in [1.54, 1.807) is 0 Å². The summed E-state index contributed by atoms with van der Waals surface area (Å²) in [4.78, 5) is 10.4. The van der Waals surface area contributed by atoms with Crippen molar-refractivity contribution in [3.63, 3.8) is 0 Å². The Bertz CT molecular complexity index is 571. The van der Waals surface area contributed by atoms with Crippen LogP contribution in [0.5, 0.6) is 5.75 Å². The molecule has 2 N–H and O–H groups in total. The van der Waals surface area contributed by atoms with E-state index in [0.717, 1.165) is 0 Å². The van der Waals surface area contributed by atoms with Crippen LogP contribution in [0.4, 0.5) is 0 Å². The van der Waals surface area contributed by atoms with Crippen LogP contribution in [-0.2, 0) is 14.8 Å². The van der Waals surface area contributed by atoms with Gasteiger partial charge in [-0.05, 0) is 24.3 Å². The van der Waals surface area contributed by atoms with E-state index >= 15 is 0 Å². The summed E-state index contributed by atoms with van der Waals surface area (Å²) in [6, 6.07) is 5.61. The van der Waals surface area contributed by atoms with Crippen molar-refractivity contribution in [2.45, 2.75) is 11.3 Å². The molecule has 1 aromatic carbocycles. The van der Waals surface area contributed by atoms with Crippen molar-refractivity contribution in [2.75, 3.05) is 13.2 Å². The van der Waals surface area contributed by atoms with Gasteiger partial charge in [0.1, 0.15) is 5.75 Å². The summed E-state index contributed by atoms with van der Waals surface area (Å²) >= 11 is 0. The molecule has 0 fully saturated rings. The van der Waals surface area contributed by atoms with Crippen LogP contribution in [0, 0.1) is 12.3 Å². The van der Waals surface area contributed by atoms with Gasteiger partial charge in [-0.15, -0.1) is 6.42 Å². The van der Waals surface area contributed by atoms with Crippen LogP contribution in [0.3, 0.4) is 0 Å². The predicted molar refractivity (Wildman–Crippen MR) is 68.2 cm³/mol. The van der Waals surface area contributed by atoms with Crippen molar-refractivity contribution in [1.82, 2.24) is 4.72 Å². The third-order valence-corrected chi connectivity index (χ3v) is 3.50. The number of carbonyl (C=O) groups is 1. The van der Waals surface area contributed by atoms with E-state index in [1.165, 1.54) is 24.3 Å². The Hall–Kier alpha value is -2.04. The minimum atomic E-state index is -3.62. The fraction of sp³-hybridized carbons (Fsp3) is 0.250. The topological polar surface area (TPSA) is 92.7 Å². The number of rotatable bonds is 7. The second-order valence-corrected chi connectivity index (χ2v) is 5.26. The van der Waals surface area contributed by atoms with Crippen LogP contribution in [0.1, 0.15) is 6.42 Å². The molecular weight excluding hydrogens is 270 g/mol. The normalized spacial score (nSPS) is 10.7. The molecule has 0 aromatic heterocycles. The zero-order valence-electron chi connectivity index (χ0n) is 10.00. The Morgan fingerprint density at radius 1 is 1.37 bits per heavy atom. The molecular formula is C12H13NO5S. The maximum atomic E-state index is 11.7. The van der Waals surface area contributed by atoms with E-state index in [-0.39, 0.29) is 24.5 Å². The van der Waals surface area contributed by atoms with Gasteiger partial charge in [0.2, 0.25) is 10.0 Å². The molecule has 0 bridgehead atoms. The van der Waals surface area contributed by atoms with Gasteiger partial charge in [0.15, 0.2) is 0 Å². The average molecular weight is 283 g/mol. The first-order valence-electron chi connectivity index (χ1n) is 5.33. The monoisotopic (exact) mass is 283 g/mol. The van der Waals surface area contributed by atoms with Gasteiger partial charge in [0.05, 0.1) is 24.5 Å². The zero-order valence-corrected chi connectivity index (χ0v) is 10.8. The van der Waals surface area contributed by atoms with Crippen LogP contribution in [0.15, 0.2) is 29.2 Å². The lowest BCUT2D eigenvalue weighted by Gasteiger charge is -2.07. The van der Waals surface area contributed by atoms with Gasteiger partial charge in [0, 0.05) is 0 Å². The number of benzene rings is 1. The van der Waals surface area contributed by atoms with Crippen molar-refractivity contribution in [1.29, 1.82) is 0 Å². The molecule has 0 atom stereocenters. The number of sulfonamides is 1. The molecule has 0 unspecified atom stereocenters. The molecule has 0 aliphatic heterocycles. The van der Waals surface area contributed by atoms with E-state index in [0.29, 0.717) is 5.75 Å². The van der Waals surface area contributed by atoms with Gasteiger partial charge in [-0.25, -0.2) is 8.42 Å². The number of aliphatic carboxylic acids is 1. The molecule has 0 radical (unpaired) electrons. The van der Waals surface area contributed by atoms with Gasteiger partial charge >= 0.3 is 5.97 Å². The van der Waals surface area contributed by atoms with Gasteiger partial charge in [-0.1, -0.05) is 5.92 Å². The summed E-state index contributed by atoms with van der Waals surface area (Å²) < 4.78 is 30.7. The van der Waals surface area contributed by atoms with Gasteiger partial charge < -0.3 is 9.84 Å². The van der Waals surface area contributed by atoms with E-state index < -0.39 is 16.0 Å². The van der Waals surface area contributed by atoms with Crippen LogP contribution >= 0.6 is 0 Å². The van der Waals surface area contributed by atoms with Crippen molar-refractivity contribution >= 4 is 16.0 Å².